The van der Waals surface area contributed by atoms with Crippen LogP contribution in [0.4, 0.5) is 13.2 Å². The molecular weight excluding hydrogens is 435 g/mol. The van der Waals surface area contributed by atoms with E-state index in [0.717, 1.165) is 17.7 Å². The van der Waals surface area contributed by atoms with Crippen LogP contribution >= 0.6 is 11.6 Å². The van der Waals surface area contributed by atoms with E-state index in [1.807, 2.05) is 0 Å². The van der Waals surface area contributed by atoms with Gasteiger partial charge in [0.1, 0.15) is 5.69 Å². The second-order valence-corrected chi connectivity index (χ2v) is 6.90. The van der Waals surface area contributed by atoms with E-state index in [1.54, 1.807) is 24.3 Å². The first-order valence-corrected chi connectivity index (χ1v) is 9.39. The highest BCUT2D eigenvalue weighted by Crippen LogP contribution is 2.29. The second kappa shape index (κ2) is 9.22. The van der Waals surface area contributed by atoms with Gasteiger partial charge in [-0.3, -0.25) is 4.79 Å². The first kappa shape index (κ1) is 22.4. The maximum absolute atomic E-state index is 12.7. The second-order valence-electron chi connectivity index (χ2n) is 6.56. The maximum Gasteiger partial charge on any atom is 0.416 e. The lowest BCUT2D eigenvalue weighted by Gasteiger charge is -2.12. The highest BCUT2D eigenvalue weighted by molar-refractivity contribution is 6.28. The lowest BCUT2D eigenvalue weighted by atomic mass is 10.1. The molecule has 0 saturated heterocycles. The third-order valence-electron chi connectivity index (χ3n) is 4.49. The van der Waals surface area contributed by atoms with Crippen LogP contribution in [0.2, 0.25) is 5.28 Å². The molecule has 0 bridgehead atoms. The summed E-state index contributed by atoms with van der Waals surface area (Å²) in [6.45, 7) is 0.261. The van der Waals surface area contributed by atoms with E-state index in [9.17, 15) is 22.8 Å². The number of carbonyl (C=O) groups is 2. The molecule has 1 heterocycles. The number of methoxy groups -OCH3 is 1. The number of hydrogen-bond acceptors (Lipinski definition) is 4. The van der Waals surface area contributed by atoms with E-state index >= 15 is 0 Å². The number of hydrogen-bond donors (Lipinski definition) is 1. The van der Waals surface area contributed by atoms with Gasteiger partial charge in [-0.05, 0) is 47.0 Å². The van der Waals surface area contributed by atoms with E-state index in [1.165, 1.54) is 30.0 Å². The number of aromatic nitrogens is 2. The zero-order valence-corrected chi connectivity index (χ0v) is 17.0. The molecule has 0 radical (unpaired) electrons. The maximum atomic E-state index is 12.7. The number of ether oxygens (including phenoxy) is 1. The number of esters is 1. The van der Waals surface area contributed by atoms with Crippen LogP contribution < -0.4 is 5.32 Å². The predicted molar refractivity (Wildman–Crippen MR) is 107 cm³/mol. The van der Waals surface area contributed by atoms with E-state index in [-0.39, 0.29) is 24.1 Å². The van der Waals surface area contributed by atoms with Gasteiger partial charge in [-0.1, -0.05) is 24.3 Å². The summed E-state index contributed by atoms with van der Waals surface area (Å²) in [5.74, 6) is -0.916. The standard InChI is InChI=1S/C21H17ClF3N3O3/c1-31-19(30)15-6-2-13(3-7-15)10-26-18(29)17-11-27-20(22)28(17)12-14-4-8-16(9-5-14)21(23,24)25/h2-9,11H,10,12H2,1H3,(H,26,29). The molecule has 10 heteroatoms. The van der Waals surface area contributed by atoms with E-state index < -0.39 is 23.6 Å². The van der Waals surface area contributed by atoms with Crippen molar-refractivity contribution in [3.63, 3.8) is 0 Å². The van der Waals surface area contributed by atoms with Crippen LogP contribution in [0.15, 0.2) is 54.7 Å². The zero-order valence-electron chi connectivity index (χ0n) is 16.2. The lowest BCUT2D eigenvalue weighted by molar-refractivity contribution is -0.137. The van der Waals surface area contributed by atoms with Gasteiger partial charge in [0, 0.05) is 6.54 Å². The molecule has 1 N–H and O–H groups in total. The third kappa shape index (κ3) is 5.43. The first-order valence-electron chi connectivity index (χ1n) is 9.01. The van der Waals surface area contributed by atoms with Crippen LogP contribution in [-0.2, 0) is 24.0 Å². The summed E-state index contributed by atoms with van der Waals surface area (Å²) >= 11 is 6.07. The Hall–Kier alpha value is -3.33. The fraction of sp³-hybridized carbons (Fsp3) is 0.190. The monoisotopic (exact) mass is 451 g/mol. The van der Waals surface area contributed by atoms with Crippen molar-refractivity contribution in [3.8, 4) is 0 Å². The van der Waals surface area contributed by atoms with Crippen LogP contribution in [0, 0.1) is 0 Å². The summed E-state index contributed by atoms with van der Waals surface area (Å²) in [5, 5.41) is 2.76. The number of rotatable bonds is 6. The molecule has 6 nitrogen and oxygen atoms in total. The molecule has 0 aliphatic rings. The van der Waals surface area contributed by atoms with Gasteiger partial charge in [0.05, 0.1) is 31.0 Å². The average Bonchev–Trinajstić information content (AvgIpc) is 3.12. The normalized spacial score (nSPS) is 11.3. The summed E-state index contributed by atoms with van der Waals surface area (Å²) in [7, 11) is 1.29. The number of amides is 1. The van der Waals surface area contributed by atoms with Crippen LogP contribution in [0.3, 0.4) is 0 Å². The van der Waals surface area contributed by atoms with E-state index in [2.05, 4.69) is 15.0 Å². The Kier molecular flexibility index (Phi) is 6.65. The first-order chi connectivity index (χ1) is 14.7. The van der Waals surface area contributed by atoms with Gasteiger partial charge in [-0.15, -0.1) is 0 Å². The van der Waals surface area contributed by atoms with Gasteiger partial charge in [0.2, 0.25) is 5.28 Å². The summed E-state index contributed by atoms with van der Waals surface area (Å²) in [6.07, 6.45) is -3.13. The molecule has 0 spiro atoms. The molecule has 1 aromatic heterocycles. The largest absolute Gasteiger partial charge is 0.465 e. The van der Waals surface area contributed by atoms with Crippen molar-refractivity contribution in [1.29, 1.82) is 0 Å². The van der Waals surface area contributed by atoms with Gasteiger partial charge in [0.25, 0.3) is 5.91 Å². The number of carbonyl (C=O) groups excluding carboxylic acids is 2. The summed E-state index contributed by atoms with van der Waals surface area (Å²) in [4.78, 5) is 28.0. The molecule has 162 valence electrons. The number of alkyl halides is 3. The number of imidazole rings is 1. The predicted octanol–water partition coefficient (Wildman–Crippen LogP) is 4.32. The van der Waals surface area contributed by atoms with Gasteiger partial charge in [-0.25, -0.2) is 9.78 Å². The molecule has 1 amide bonds. The van der Waals surface area contributed by atoms with Crippen LogP contribution in [0.5, 0.6) is 0 Å². The smallest absolute Gasteiger partial charge is 0.416 e. The summed E-state index contributed by atoms with van der Waals surface area (Å²) < 4.78 is 44.2. The van der Waals surface area contributed by atoms with Crippen molar-refractivity contribution >= 4 is 23.5 Å². The van der Waals surface area contributed by atoms with Gasteiger partial charge in [-0.2, -0.15) is 13.2 Å². The molecule has 0 fully saturated rings. The summed E-state index contributed by atoms with van der Waals surface area (Å²) in [5.41, 5.74) is 1.07. The number of nitrogens with one attached hydrogen (secondary N) is 1. The number of nitrogens with zero attached hydrogens (tertiary/aromatic N) is 2. The third-order valence-corrected chi connectivity index (χ3v) is 4.79. The molecule has 3 rings (SSSR count). The minimum atomic E-state index is -4.43. The Morgan fingerprint density at radius 3 is 2.26 bits per heavy atom. The Balaban J connectivity index is 1.68. The number of benzene rings is 2. The minimum Gasteiger partial charge on any atom is -0.465 e. The fourth-order valence-corrected chi connectivity index (χ4v) is 3.02. The quantitative estimate of drug-likeness (QED) is 0.566. The van der Waals surface area contributed by atoms with Gasteiger partial charge >= 0.3 is 12.1 Å². The highest BCUT2D eigenvalue weighted by Gasteiger charge is 2.30. The molecular formula is C21H17ClF3N3O3. The van der Waals surface area contributed by atoms with Crippen LogP contribution in [0.25, 0.3) is 0 Å². The van der Waals surface area contributed by atoms with Crippen molar-refractivity contribution in [1.82, 2.24) is 14.9 Å². The average molecular weight is 452 g/mol. The van der Waals surface area contributed by atoms with Crippen molar-refractivity contribution in [3.05, 3.63) is 88.0 Å². The highest BCUT2D eigenvalue weighted by atomic mass is 35.5. The topological polar surface area (TPSA) is 73.2 Å². The molecule has 3 aromatic rings. The van der Waals surface area contributed by atoms with Gasteiger partial charge < -0.3 is 14.6 Å². The Morgan fingerprint density at radius 1 is 1.06 bits per heavy atom. The Morgan fingerprint density at radius 2 is 1.68 bits per heavy atom. The summed E-state index contributed by atoms with van der Waals surface area (Å²) in [6, 6.07) is 11.1. The Bertz CT molecular complexity index is 1080. The van der Waals surface area contributed by atoms with E-state index in [0.29, 0.717) is 11.1 Å². The molecule has 0 unspecified atom stereocenters. The van der Waals surface area contributed by atoms with Crippen molar-refractivity contribution < 1.29 is 27.5 Å². The SMILES string of the molecule is COC(=O)c1ccc(CNC(=O)c2cnc(Cl)n2Cc2ccc(C(F)(F)F)cc2)cc1. The van der Waals surface area contributed by atoms with Crippen molar-refractivity contribution in [2.45, 2.75) is 19.3 Å². The minimum absolute atomic E-state index is 0.0347. The Labute approximate surface area is 180 Å². The molecule has 0 saturated carbocycles. The molecule has 0 aliphatic carbocycles. The molecule has 0 atom stereocenters. The van der Waals surface area contributed by atoms with Gasteiger partial charge in [0.15, 0.2) is 0 Å². The molecule has 2 aromatic carbocycles. The molecule has 31 heavy (non-hydrogen) atoms. The fourth-order valence-electron chi connectivity index (χ4n) is 2.82. The van der Waals surface area contributed by atoms with Crippen molar-refractivity contribution in [2.24, 2.45) is 0 Å². The van der Waals surface area contributed by atoms with Crippen LogP contribution in [0.1, 0.15) is 37.5 Å². The van der Waals surface area contributed by atoms with E-state index in [4.69, 9.17) is 11.6 Å². The lowest BCUT2D eigenvalue weighted by Crippen LogP contribution is -2.25. The van der Waals surface area contributed by atoms with Crippen LogP contribution in [-0.4, -0.2) is 28.5 Å². The number of halogens is 4. The molecule has 0 aliphatic heterocycles. The zero-order chi connectivity index (χ0) is 22.6. The van der Waals surface area contributed by atoms with Crippen molar-refractivity contribution in [2.75, 3.05) is 7.11 Å².